The third kappa shape index (κ3) is 2.39. The van der Waals surface area contributed by atoms with E-state index >= 15 is 0 Å². The van der Waals surface area contributed by atoms with Crippen molar-refractivity contribution in [3.05, 3.63) is 39.6 Å². The van der Waals surface area contributed by atoms with Crippen LogP contribution in [0.15, 0.2) is 33.9 Å². The number of aliphatic hydroxyl groups excluding tert-OH is 1. The molecular formula is C12H10N4O3S2. The van der Waals surface area contributed by atoms with Gasteiger partial charge in [-0.3, -0.25) is 10.1 Å². The quantitative estimate of drug-likeness (QED) is 0.586. The molecule has 2 aromatic heterocycles. The number of rotatable bonds is 4. The monoisotopic (exact) mass is 322 g/mol. The highest BCUT2D eigenvalue weighted by Crippen LogP contribution is 2.39. The van der Waals surface area contributed by atoms with E-state index in [4.69, 9.17) is 5.11 Å². The van der Waals surface area contributed by atoms with Crippen LogP contribution in [-0.2, 0) is 13.7 Å². The molecule has 1 aromatic carbocycles. The Morgan fingerprint density at radius 3 is 2.95 bits per heavy atom. The Hall–Kier alpha value is -1.97. The summed E-state index contributed by atoms with van der Waals surface area (Å²) >= 11 is 2.55. The average molecular weight is 322 g/mol. The van der Waals surface area contributed by atoms with Gasteiger partial charge in [0, 0.05) is 7.05 Å². The number of benzene rings is 1. The van der Waals surface area contributed by atoms with Crippen molar-refractivity contribution in [2.24, 2.45) is 7.05 Å². The van der Waals surface area contributed by atoms with Crippen LogP contribution in [0.3, 0.4) is 0 Å². The zero-order valence-electron chi connectivity index (χ0n) is 10.9. The molecule has 7 nitrogen and oxygen atoms in total. The zero-order chi connectivity index (χ0) is 15.0. The molecule has 0 amide bonds. The molecule has 0 aliphatic carbocycles. The Kier molecular flexibility index (Phi) is 3.62. The van der Waals surface area contributed by atoms with E-state index in [1.165, 1.54) is 23.1 Å². The van der Waals surface area contributed by atoms with Gasteiger partial charge in [0.1, 0.15) is 0 Å². The first-order chi connectivity index (χ1) is 10.1. The zero-order valence-corrected chi connectivity index (χ0v) is 12.5. The predicted octanol–water partition coefficient (Wildman–Crippen LogP) is 2.58. The highest BCUT2D eigenvalue weighted by atomic mass is 32.2. The Morgan fingerprint density at radius 1 is 1.48 bits per heavy atom. The lowest BCUT2D eigenvalue weighted by atomic mass is 10.3. The van der Waals surface area contributed by atoms with Gasteiger partial charge in [-0.15, -0.1) is 11.3 Å². The van der Waals surface area contributed by atoms with Gasteiger partial charge in [0.15, 0.2) is 10.7 Å². The van der Waals surface area contributed by atoms with Crippen molar-refractivity contribution in [2.45, 2.75) is 16.7 Å². The minimum absolute atomic E-state index is 0.00713. The Morgan fingerprint density at radius 2 is 2.29 bits per heavy atom. The second-order valence-corrected chi connectivity index (χ2v) is 6.12. The lowest BCUT2D eigenvalue weighted by Gasteiger charge is -2.05. The standard InChI is InChI=1S/C12H10N4O3S2/c1-15-7(5-17)4-13-12(15)21-9-3-2-8-10(14-6-20-8)11(9)16(18)19/h2-4,6,17H,5H2,1H3. The number of nitro benzene ring substituents is 1. The summed E-state index contributed by atoms with van der Waals surface area (Å²) in [6.45, 7) is -0.128. The predicted molar refractivity (Wildman–Crippen MR) is 79.5 cm³/mol. The van der Waals surface area contributed by atoms with Crippen LogP contribution in [0, 0.1) is 10.1 Å². The summed E-state index contributed by atoms with van der Waals surface area (Å²) in [5, 5.41) is 21.1. The molecule has 1 N–H and O–H groups in total. The number of aliphatic hydroxyl groups is 1. The van der Waals surface area contributed by atoms with Gasteiger partial charge in [0.05, 0.1) is 38.5 Å². The third-order valence-corrected chi connectivity index (χ3v) is 4.93. The van der Waals surface area contributed by atoms with Crippen LogP contribution in [0.5, 0.6) is 0 Å². The summed E-state index contributed by atoms with van der Waals surface area (Å²) in [6, 6.07) is 3.52. The second-order valence-electron chi connectivity index (χ2n) is 4.22. The number of hydrogen-bond donors (Lipinski definition) is 1. The summed E-state index contributed by atoms with van der Waals surface area (Å²) in [7, 11) is 1.76. The van der Waals surface area contributed by atoms with Crippen LogP contribution in [-0.4, -0.2) is 24.6 Å². The largest absolute Gasteiger partial charge is 0.390 e. The van der Waals surface area contributed by atoms with Gasteiger partial charge in [-0.1, -0.05) is 0 Å². The van der Waals surface area contributed by atoms with Crippen LogP contribution in [0.2, 0.25) is 0 Å². The average Bonchev–Trinajstić information content (AvgIpc) is 3.05. The molecule has 3 aromatic rings. The van der Waals surface area contributed by atoms with E-state index < -0.39 is 4.92 Å². The molecule has 0 radical (unpaired) electrons. The van der Waals surface area contributed by atoms with Crippen molar-refractivity contribution in [2.75, 3.05) is 0 Å². The molecule has 0 saturated heterocycles. The molecule has 0 atom stereocenters. The topological polar surface area (TPSA) is 94.1 Å². The minimum Gasteiger partial charge on any atom is -0.390 e. The van der Waals surface area contributed by atoms with E-state index in [9.17, 15) is 10.1 Å². The van der Waals surface area contributed by atoms with E-state index in [1.807, 2.05) is 6.07 Å². The fourth-order valence-electron chi connectivity index (χ4n) is 1.92. The van der Waals surface area contributed by atoms with Gasteiger partial charge in [-0.25, -0.2) is 9.97 Å². The molecule has 0 spiro atoms. The van der Waals surface area contributed by atoms with E-state index in [1.54, 1.807) is 29.4 Å². The maximum absolute atomic E-state index is 11.4. The summed E-state index contributed by atoms with van der Waals surface area (Å²) in [5.74, 6) is 0. The van der Waals surface area contributed by atoms with Crippen LogP contribution >= 0.6 is 23.1 Å². The van der Waals surface area contributed by atoms with Crippen molar-refractivity contribution in [1.82, 2.24) is 14.5 Å². The van der Waals surface area contributed by atoms with Crippen molar-refractivity contribution in [3.8, 4) is 0 Å². The molecule has 9 heteroatoms. The van der Waals surface area contributed by atoms with Crippen LogP contribution in [0.4, 0.5) is 5.69 Å². The van der Waals surface area contributed by atoms with Gasteiger partial charge >= 0.3 is 5.69 Å². The maximum Gasteiger partial charge on any atom is 0.310 e. The number of imidazole rings is 1. The first-order valence-corrected chi connectivity index (χ1v) is 7.61. The van der Waals surface area contributed by atoms with Crippen LogP contribution in [0.25, 0.3) is 10.2 Å². The Bertz CT molecular complexity index is 827. The molecule has 0 fully saturated rings. The number of hydrogen-bond acceptors (Lipinski definition) is 7. The second kappa shape index (κ2) is 5.43. The number of thiazole rings is 1. The van der Waals surface area contributed by atoms with Gasteiger partial charge in [0.2, 0.25) is 0 Å². The van der Waals surface area contributed by atoms with Crippen molar-refractivity contribution < 1.29 is 10.0 Å². The Balaban J connectivity index is 2.09. The fraction of sp³-hybridized carbons (Fsp3) is 0.167. The smallest absolute Gasteiger partial charge is 0.310 e. The lowest BCUT2D eigenvalue weighted by Crippen LogP contribution is -1.98. The van der Waals surface area contributed by atoms with E-state index in [0.29, 0.717) is 21.3 Å². The summed E-state index contributed by atoms with van der Waals surface area (Å²) < 4.78 is 2.49. The third-order valence-electron chi connectivity index (χ3n) is 3.03. The van der Waals surface area contributed by atoms with Gasteiger partial charge in [-0.2, -0.15) is 0 Å². The van der Waals surface area contributed by atoms with E-state index in [2.05, 4.69) is 9.97 Å². The molecule has 2 heterocycles. The highest BCUT2D eigenvalue weighted by molar-refractivity contribution is 7.99. The molecule has 0 bridgehead atoms. The molecule has 21 heavy (non-hydrogen) atoms. The van der Waals surface area contributed by atoms with Crippen molar-refractivity contribution in [1.29, 1.82) is 0 Å². The highest BCUT2D eigenvalue weighted by Gasteiger charge is 2.22. The fourth-order valence-corrected chi connectivity index (χ4v) is 3.56. The van der Waals surface area contributed by atoms with Crippen LogP contribution < -0.4 is 0 Å². The number of aromatic nitrogens is 3. The Labute approximate surface area is 127 Å². The maximum atomic E-state index is 11.4. The van der Waals surface area contributed by atoms with E-state index in [0.717, 1.165) is 4.70 Å². The molecule has 0 aliphatic heterocycles. The first kappa shape index (κ1) is 14.0. The summed E-state index contributed by atoms with van der Waals surface area (Å²) in [6.07, 6.45) is 1.55. The number of nitro groups is 1. The SMILES string of the molecule is Cn1c(CO)cnc1Sc1ccc2scnc2c1[N+](=O)[O-]. The molecule has 108 valence electrons. The molecule has 0 aliphatic rings. The molecule has 3 rings (SSSR count). The molecule has 0 unspecified atom stereocenters. The number of nitrogens with zero attached hydrogens (tertiary/aromatic N) is 4. The lowest BCUT2D eigenvalue weighted by molar-refractivity contribution is -0.386. The van der Waals surface area contributed by atoms with Gasteiger partial charge in [0.25, 0.3) is 0 Å². The van der Waals surface area contributed by atoms with Crippen molar-refractivity contribution >= 4 is 39.0 Å². The van der Waals surface area contributed by atoms with Crippen LogP contribution in [0.1, 0.15) is 5.69 Å². The van der Waals surface area contributed by atoms with Crippen molar-refractivity contribution in [3.63, 3.8) is 0 Å². The van der Waals surface area contributed by atoms with Gasteiger partial charge in [-0.05, 0) is 23.9 Å². The molecular weight excluding hydrogens is 312 g/mol. The normalized spacial score (nSPS) is 11.1. The number of fused-ring (bicyclic) bond motifs is 1. The summed E-state index contributed by atoms with van der Waals surface area (Å²) in [5.41, 5.74) is 2.63. The molecule has 0 saturated carbocycles. The first-order valence-electron chi connectivity index (χ1n) is 5.91. The minimum atomic E-state index is -0.416. The van der Waals surface area contributed by atoms with Gasteiger partial charge < -0.3 is 9.67 Å². The van der Waals surface area contributed by atoms with E-state index in [-0.39, 0.29) is 12.3 Å². The summed E-state index contributed by atoms with van der Waals surface area (Å²) in [4.78, 5) is 19.7.